The van der Waals surface area contributed by atoms with Gasteiger partial charge in [-0.1, -0.05) is 41.0 Å². The van der Waals surface area contributed by atoms with Gasteiger partial charge >= 0.3 is 5.97 Å². The molecule has 0 spiro atoms. The molecule has 1 aromatic heterocycles. The minimum Gasteiger partial charge on any atom is -0.463 e. The third-order valence-electron chi connectivity index (χ3n) is 8.06. The summed E-state index contributed by atoms with van der Waals surface area (Å²) in [6.45, 7) is 8.73. The number of hydrogen-bond donors (Lipinski definition) is 5. The van der Waals surface area contributed by atoms with Gasteiger partial charge in [0.2, 0.25) is 5.60 Å². The molecule has 1 aliphatic heterocycles. The molecule has 232 valence electrons. The van der Waals surface area contributed by atoms with E-state index in [0.29, 0.717) is 6.42 Å². The summed E-state index contributed by atoms with van der Waals surface area (Å²) >= 11 is 0. The van der Waals surface area contributed by atoms with Crippen LogP contribution in [0.4, 0.5) is 0 Å². The molecule has 2 aliphatic rings. The Kier molecular flexibility index (Phi) is 11.0. The van der Waals surface area contributed by atoms with Crippen molar-refractivity contribution in [2.75, 3.05) is 6.61 Å². The van der Waals surface area contributed by atoms with Crippen LogP contribution in [-0.2, 0) is 29.4 Å². The molecule has 1 amide bonds. The highest BCUT2D eigenvalue weighted by molar-refractivity contribution is 6.07. The van der Waals surface area contributed by atoms with Crippen LogP contribution in [0.2, 0.25) is 0 Å². The predicted octanol–water partition coefficient (Wildman–Crippen LogP) is 1.61. The number of aromatic nitrogens is 1. The van der Waals surface area contributed by atoms with Crippen molar-refractivity contribution in [1.82, 2.24) is 4.98 Å². The van der Waals surface area contributed by atoms with E-state index in [4.69, 9.17) is 25.7 Å². The zero-order valence-electron chi connectivity index (χ0n) is 24.9. The average Bonchev–Trinajstić information content (AvgIpc) is 3.52. The Labute approximate surface area is 246 Å². The number of nitriles is 1. The Bertz CT molecular complexity index is 1200. The summed E-state index contributed by atoms with van der Waals surface area (Å²) in [5.74, 6) is -0.907. The number of carbonyl (C=O) groups is 2. The highest BCUT2D eigenvalue weighted by Crippen LogP contribution is 2.41. The van der Waals surface area contributed by atoms with Crippen LogP contribution in [0, 0.1) is 28.6 Å². The van der Waals surface area contributed by atoms with Gasteiger partial charge in [-0.15, -0.1) is 0 Å². The first kappa shape index (κ1) is 33.4. The van der Waals surface area contributed by atoms with E-state index in [0.717, 1.165) is 25.6 Å². The topological polar surface area (TPSA) is 219 Å². The van der Waals surface area contributed by atoms with Gasteiger partial charge in [-0.3, -0.25) is 9.59 Å². The monoisotopic (exact) mass is 588 g/mol. The number of ether oxygens (including phenoxy) is 3. The van der Waals surface area contributed by atoms with Gasteiger partial charge in [0.25, 0.3) is 5.91 Å². The highest BCUT2D eigenvalue weighted by Gasteiger charge is 2.59. The van der Waals surface area contributed by atoms with Crippen molar-refractivity contribution in [1.29, 1.82) is 5.26 Å². The molecule has 0 radical (unpaired) electrons. The summed E-state index contributed by atoms with van der Waals surface area (Å²) in [6.07, 6.45) is -0.756. The van der Waals surface area contributed by atoms with Gasteiger partial charge in [-0.05, 0) is 42.7 Å². The fourth-order valence-corrected chi connectivity index (χ4v) is 4.68. The van der Waals surface area contributed by atoms with E-state index < -0.39 is 53.5 Å². The van der Waals surface area contributed by atoms with Crippen LogP contribution >= 0.6 is 0 Å². The summed E-state index contributed by atoms with van der Waals surface area (Å²) in [7, 11) is 0. The van der Waals surface area contributed by atoms with Crippen LogP contribution < -0.4 is 11.5 Å². The van der Waals surface area contributed by atoms with Gasteiger partial charge in [0.1, 0.15) is 31.0 Å². The number of hydrogen-bond acceptors (Lipinski definition) is 9. The number of nitrogens with one attached hydrogen (secondary N) is 1. The van der Waals surface area contributed by atoms with E-state index in [-0.39, 0.29) is 42.1 Å². The second kappa shape index (κ2) is 13.9. The van der Waals surface area contributed by atoms with Gasteiger partial charge in [0, 0.05) is 12.3 Å². The number of aliphatic imine (C=N–C) groups is 2. The second-order valence-electron chi connectivity index (χ2n) is 12.2. The van der Waals surface area contributed by atoms with Crippen molar-refractivity contribution in [3.8, 4) is 6.07 Å². The number of H-pyrrole nitrogens is 1. The average molecular weight is 589 g/mol. The molecule has 7 atom stereocenters. The maximum atomic E-state index is 12.5. The summed E-state index contributed by atoms with van der Waals surface area (Å²) in [4.78, 5) is 36.0. The molecule has 7 N–H and O–H groups in total. The molecule has 1 aliphatic carbocycles. The fourth-order valence-electron chi connectivity index (χ4n) is 4.68. The van der Waals surface area contributed by atoms with E-state index in [9.17, 15) is 25.1 Å². The second-order valence-corrected chi connectivity index (χ2v) is 12.2. The van der Waals surface area contributed by atoms with Crippen LogP contribution in [0.25, 0.3) is 0 Å². The van der Waals surface area contributed by atoms with Gasteiger partial charge in [0.05, 0.1) is 23.8 Å². The molecule has 1 aromatic rings. The first-order valence-corrected chi connectivity index (χ1v) is 14.4. The van der Waals surface area contributed by atoms with Crippen LogP contribution in [0.3, 0.4) is 0 Å². The maximum Gasteiger partial charge on any atom is 0.306 e. The normalized spacial score (nSPS) is 27.3. The number of rotatable bonds is 11. The van der Waals surface area contributed by atoms with Crippen LogP contribution in [0.5, 0.6) is 0 Å². The third kappa shape index (κ3) is 7.43. The fraction of sp³-hybridized carbons (Fsp3) is 0.690. The Balaban J connectivity index is 1.92. The van der Waals surface area contributed by atoms with Crippen molar-refractivity contribution < 1.29 is 34.0 Å². The lowest BCUT2D eigenvalue weighted by atomic mass is 9.83. The molecule has 3 rings (SSSR count). The number of carbonyl (C=O) groups excluding carboxylic acids is 2. The Morgan fingerprint density at radius 3 is 2.60 bits per heavy atom. The number of amidine groups is 1. The van der Waals surface area contributed by atoms with E-state index in [2.05, 4.69) is 15.0 Å². The lowest BCUT2D eigenvalue weighted by molar-refractivity contribution is -0.192. The van der Waals surface area contributed by atoms with Crippen LogP contribution in [0.15, 0.2) is 22.1 Å². The van der Waals surface area contributed by atoms with Gasteiger partial charge < -0.3 is 40.9 Å². The highest BCUT2D eigenvalue weighted by atomic mass is 16.7. The van der Waals surface area contributed by atoms with Crippen molar-refractivity contribution in [3.05, 3.63) is 23.5 Å². The molecule has 0 aromatic carbocycles. The smallest absolute Gasteiger partial charge is 0.306 e. The molecule has 1 saturated carbocycles. The SMILES string of the molecule is CC[C@H](C)C(=O)N=C(N=CN)c1ccc([C@]2(C#N)O[C@H](COC(=O)CC3CCC3)[C@@H](OC(O)[C@H](N)C(C)(C)C)[C@H]2O)[nH]1. The van der Waals surface area contributed by atoms with E-state index in [1.807, 2.05) is 33.8 Å². The Morgan fingerprint density at radius 1 is 1.36 bits per heavy atom. The molecule has 1 saturated heterocycles. The van der Waals surface area contributed by atoms with Crippen molar-refractivity contribution >= 4 is 24.1 Å². The molecular weight excluding hydrogens is 544 g/mol. The number of esters is 1. The quantitative estimate of drug-likeness (QED) is 0.109. The molecule has 0 bridgehead atoms. The maximum absolute atomic E-state index is 12.5. The molecular formula is C29H44N6O7. The number of aromatic amines is 1. The minimum absolute atomic E-state index is 0.0181. The molecule has 2 fully saturated rings. The Morgan fingerprint density at radius 2 is 2.05 bits per heavy atom. The number of amides is 1. The van der Waals surface area contributed by atoms with E-state index >= 15 is 0 Å². The van der Waals surface area contributed by atoms with Crippen LogP contribution in [0.1, 0.15) is 78.1 Å². The lowest BCUT2D eigenvalue weighted by Crippen LogP contribution is -2.51. The number of nitrogens with two attached hydrogens (primary N) is 2. The van der Waals surface area contributed by atoms with Crippen LogP contribution in [-0.4, -0.2) is 76.5 Å². The largest absolute Gasteiger partial charge is 0.463 e. The molecule has 1 unspecified atom stereocenters. The summed E-state index contributed by atoms with van der Waals surface area (Å²) in [6, 6.07) is 4.17. The van der Waals surface area contributed by atoms with Gasteiger partial charge in [-0.2, -0.15) is 10.3 Å². The number of aliphatic hydroxyl groups excluding tert-OH is 2. The standard InChI is InChI=1S/C29H44N6O7/c1-6-16(2)26(38)35-25(33-15-31)18-10-11-20(34-18)29(14-30)24(37)22(41-27(39)23(32)28(3,4)5)19(42-29)13-40-21(36)12-17-8-7-9-17/h10-11,15-17,19,22-24,27,34,37,39H,6-9,12-13,32H2,1-5H3,(H2,31,33,35,38)/t16-,19+,22+,23-,24+,27?,29-/m0/s1. The predicted molar refractivity (Wildman–Crippen MR) is 154 cm³/mol. The number of aliphatic hydroxyl groups is 2. The summed E-state index contributed by atoms with van der Waals surface area (Å²) in [5.41, 5.74) is 9.45. The van der Waals surface area contributed by atoms with E-state index in [1.165, 1.54) is 12.1 Å². The Hall–Kier alpha value is -3.15. The molecule has 2 heterocycles. The first-order valence-electron chi connectivity index (χ1n) is 14.4. The zero-order chi connectivity index (χ0) is 31.2. The third-order valence-corrected chi connectivity index (χ3v) is 8.06. The minimum atomic E-state index is -2.03. The number of nitrogens with zero attached hydrogens (tertiary/aromatic N) is 3. The molecule has 13 nitrogen and oxygen atoms in total. The molecule has 42 heavy (non-hydrogen) atoms. The van der Waals surface area contributed by atoms with Gasteiger partial charge in [0.15, 0.2) is 12.1 Å². The van der Waals surface area contributed by atoms with Crippen molar-refractivity contribution in [2.24, 2.45) is 38.7 Å². The first-order chi connectivity index (χ1) is 19.8. The van der Waals surface area contributed by atoms with E-state index in [1.54, 1.807) is 6.92 Å². The van der Waals surface area contributed by atoms with Gasteiger partial charge in [-0.25, -0.2) is 4.99 Å². The summed E-state index contributed by atoms with van der Waals surface area (Å²) < 4.78 is 17.4. The lowest BCUT2D eigenvalue weighted by Gasteiger charge is -2.34. The zero-order valence-corrected chi connectivity index (χ0v) is 24.9. The van der Waals surface area contributed by atoms with Crippen molar-refractivity contribution in [3.63, 3.8) is 0 Å². The van der Waals surface area contributed by atoms with Crippen molar-refractivity contribution in [2.45, 2.75) is 103 Å². The summed E-state index contributed by atoms with van der Waals surface area (Å²) in [5, 5.41) is 32.6. The molecule has 13 heteroatoms.